The summed E-state index contributed by atoms with van der Waals surface area (Å²) in [4.78, 5) is 13.5. The Bertz CT molecular complexity index is 898. The molecule has 0 atom stereocenters. The molecule has 6 nitrogen and oxygen atoms in total. The van der Waals surface area contributed by atoms with Crippen LogP contribution >= 0.6 is 24.0 Å². The molecule has 1 aliphatic rings. The first-order valence-corrected chi connectivity index (χ1v) is 9.11. The van der Waals surface area contributed by atoms with E-state index >= 15 is 0 Å². The molecular formula is C20H24FIN6. The molecule has 0 bridgehead atoms. The van der Waals surface area contributed by atoms with Crippen molar-refractivity contribution in [1.82, 2.24) is 19.6 Å². The zero-order valence-electron chi connectivity index (χ0n) is 15.8. The van der Waals surface area contributed by atoms with Gasteiger partial charge in [-0.25, -0.2) is 9.37 Å². The summed E-state index contributed by atoms with van der Waals surface area (Å²) in [6.07, 6.45) is 4.03. The molecule has 1 aromatic carbocycles. The first kappa shape index (κ1) is 20.4. The van der Waals surface area contributed by atoms with E-state index in [1.165, 1.54) is 12.1 Å². The van der Waals surface area contributed by atoms with Crippen LogP contribution in [0.15, 0.2) is 59.9 Å². The molecule has 148 valence electrons. The number of nitrogens with one attached hydrogen (secondary N) is 1. The summed E-state index contributed by atoms with van der Waals surface area (Å²) in [6, 6.07) is 12.7. The van der Waals surface area contributed by atoms with Crippen molar-refractivity contribution in [3.05, 3.63) is 66.4 Å². The Morgan fingerprint density at radius 3 is 2.54 bits per heavy atom. The highest BCUT2D eigenvalue weighted by molar-refractivity contribution is 14.0. The number of anilines is 1. The van der Waals surface area contributed by atoms with Crippen LogP contribution in [0.1, 0.15) is 5.69 Å². The first-order chi connectivity index (χ1) is 13.2. The maximum atomic E-state index is 13.1. The average Bonchev–Trinajstić information content (AvgIpc) is 3.12. The third kappa shape index (κ3) is 4.54. The first-order valence-electron chi connectivity index (χ1n) is 9.11. The molecule has 4 rings (SSSR count). The third-order valence-electron chi connectivity index (χ3n) is 4.82. The molecule has 0 radical (unpaired) electrons. The van der Waals surface area contributed by atoms with Crippen LogP contribution in [-0.4, -0.2) is 53.5 Å². The predicted molar refractivity (Wildman–Crippen MR) is 121 cm³/mol. The largest absolute Gasteiger partial charge is 0.368 e. The van der Waals surface area contributed by atoms with Crippen molar-refractivity contribution in [3.8, 4) is 0 Å². The average molecular weight is 494 g/mol. The zero-order valence-corrected chi connectivity index (χ0v) is 18.1. The fraction of sp³-hybridized carbons (Fsp3) is 0.300. The summed E-state index contributed by atoms with van der Waals surface area (Å²) in [5.74, 6) is 0.680. The third-order valence-corrected chi connectivity index (χ3v) is 4.82. The van der Waals surface area contributed by atoms with Crippen LogP contribution < -0.4 is 10.2 Å². The van der Waals surface area contributed by atoms with Gasteiger partial charge >= 0.3 is 0 Å². The standard InChI is InChI=1S/C20H23FN6.HI/c1-22-20(23-14-17-15-27-9-3-2-4-19(27)24-17)26-12-10-25(11-13-26)18-7-5-16(21)6-8-18;/h2-9,15H,10-14H2,1H3,(H,22,23);1H. The number of pyridine rings is 1. The van der Waals surface area contributed by atoms with Gasteiger partial charge in [0.2, 0.25) is 0 Å². The Morgan fingerprint density at radius 1 is 1.11 bits per heavy atom. The molecule has 0 unspecified atom stereocenters. The molecule has 1 N–H and O–H groups in total. The number of aliphatic imine (C=N–C) groups is 1. The van der Waals surface area contributed by atoms with Gasteiger partial charge in [0.25, 0.3) is 0 Å². The smallest absolute Gasteiger partial charge is 0.194 e. The van der Waals surface area contributed by atoms with Crippen molar-refractivity contribution in [2.24, 2.45) is 4.99 Å². The van der Waals surface area contributed by atoms with Crippen molar-refractivity contribution in [1.29, 1.82) is 0 Å². The van der Waals surface area contributed by atoms with Crippen molar-refractivity contribution in [2.75, 3.05) is 38.1 Å². The van der Waals surface area contributed by atoms with E-state index in [1.807, 2.05) is 47.1 Å². The maximum absolute atomic E-state index is 13.1. The van der Waals surface area contributed by atoms with Gasteiger partial charge in [0.1, 0.15) is 11.5 Å². The van der Waals surface area contributed by atoms with Gasteiger partial charge < -0.3 is 19.5 Å². The minimum Gasteiger partial charge on any atom is -0.368 e. The van der Waals surface area contributed by atoms with E-state index < -0.39 is 0 Å². The molecule has 1 aliphatic heterocycles. The number of fused-ring (bicyclic) bond motifs is 1. The Hall–Kier alpha value is -2.36. The number of halogens is 2. The van der Waals surface area contributed by atoms with Gasteiger partial charge in [-0.1, -0.05) is 6.07 Å². The molecule has 0 amide bonds. The Labute approximate surface area is 181 Å². The number of imidazole rings is 1. The number of nitrogens with zero attached hydrogens (tertiary/aromatic N) is 5. The van der Waals surface area contributed by atoms with Gasteiger partial charge in [0.05, 0.1) is 12.2 Å². The van der Waals surface area contributed by atoms with Gasteiger partial charge in [0, 0.05) is 51.3 Å². The Morgan fingerprint density at radius 2 is 1.86 bits per heavy atom. The van der Waals surface area contributed by atoms with Gasteiger partial charge in [0.15, 0.2) is 5.96 Å². The SMILES string of the molecule is CN=C(NCc1cn2ccccc2n1)N1CCN(c2ccc(F)cc2)CC1.I. The van der Waals surface area contributed by atoms with E-state index in [-0.39, 0.29) is 29.8 Å². The Kier molecular flexibility index (Phi) is 6.71. The molecule has 3 aromatic rings. The highest BCUT2D eigenvalue weighted by Crippen LogP contribution is 2.17. The van der Waals surface area contributed by atoms with Crippen LogP contribution in [0, 0.1) is 5.82 Å². The predicted octanol–water partition coefficient (Wildman–Crippen LogP) is 2.99. The summed E-state index contributed by atoms with van der Waals surface area (Å²) in [7, 11) is 1.80. The van der Waals surface area contributed by atoms with E-state index in [9.17, 15) is 4.39 Å². The highest BCUT2D eigenvalue weighted by atomic mass is 127. The van der Waals surface area contributed by atoms with Crippen LogP contribution in [0.5, 0.6) is 0 Å². The maximum Gasteiger partial charge on any atom is 0.194 e. The number of rotatable bonds is 3. The van der Waals surface area contributed by atoms with Crippen LogP contribution in [0.25, 0.3) is 5.65 Å². The van der Waals surface area contributed by atoms with Crippen LogP contribution in [-0.2, 0) is 6.54 Å². The fourth-order valence-corrected chi connectivity index (χ4v) is 3.40. The van der Waals surface area contributed by atoms with Gasteiger partial charge in [-0.2, -0.15) is 0 Å². The van der Waals surface area contributed by atoms with Crippen molar-refractivity contribution in [3.63, 3.8) is 0 Å². The summed E-state index contributed by atoms with van der Waals surface area (Å²) in [5.41, 5.74) is 2.98. The normalized spacial score (nSPS) is 14.9. The van der Waals surface area contributed by atoms with Crippen LogP contribution in [0.3, 0.4) is 0 Å². The minimum absolute atomic E-state index is 0. The van der Waals surface area contributed by atoms with E-state index in [2.05, 4.69) is 25.1 Å². The Balaban J connectivity index is 0.00000225. The van der Waals surface area contributed by atoms with Crippen molar-refractivity contribution < 1.29 is 4.39 Å². The lowest BCUT2D eigenvalue weighted by molar-refractivity contribution is 0.372. The summed E-state index contributed by atoms with van der Waals surface area (Å²) < 4.78 is 15.1. The van der Waals surface area contributed by atoms with Gasteiger partial charge in [-0.05, 0) is 36.4 Å². The molecule has 8 heteroatoms. The molecular weight excluding hydrogens is 470 g/mol. The number of piperazine rings is 1. The quantitative estimate of drug-likeness (QED) is 0.346. The van der Waals surface area contributed by atoms with Gasteiger partial charge in [-0.3, -0.25) is 4.99 Å². The molecule has 2 aromatic heterocycles. The molecule has 28 heavy (non-hydrogen) atoms. The summed E-state index contributed by atoms with van der Waals surface area (Å²) in [5, 5.41) is 3.41. The molecule has 1 fully saturated rings. The van der Waals surface area contributed by atoms with Gasteiger partial charge in [-0.15, -0.1) is 24.0 Å². The lowest BCUT2D eigenvalue weighted by Gasteiger charge is -2.37. The second kappa shape index (κ2) is 9.22. The van der Waals surface area contributed by atoms with E-state index in [1.54, 1.807) is 7.05 Å². The van der Waals surface area contributed by atoms with E-state index in [0.29, 0.717) is 6.54 Å². The molecule has 1 saturated heterocycles. The van der Waals surface area contributed by atoms with Crippen LogP contribution in [0.4, 0.5) is 10.1 Å². The molecule has 0 aliphatic carbocycles. The second-order valence-electron chi connectivity index (χ2n) is 6.55. The topological polar surface area (TPSA) is 48.2 Å². The number of aromatic nitrogens is 2. The molecule has 0 saturated carbocycles. The molecule has 3 heterocycles. The lowest BCUT2D eigenvalue weighted by atomic mass is 10.2. The number of hydrogen-bond donors (Lipinski definition) is 1. The number of guanidine groups is 1. The van der Waals surface area contributed by atoms with E-state index in [0.717, 1.165) is 49.2 Å². The summed E-state index contributed by atoms with van der Waals surface area (Å²) in [6.45, 7) is 4.11. The molecule has 0 spiro atoms. The summed E-state index contributed by atoms with van der Waals surface area (Å²) >= 11 is 0. The second-order valence-corrected chi connectivity index (χ2v) is 6.55. The van der Waals surface area contributed by atoms with Crippen molar-refractivity contribution in [2.45, 2.75) is 6.54 Å². The zero-order chi connectivity index (χ0) is 18.6. The van der Waals surface area contributed by atoms with E-state index in [4.69, 9.17) is 0 Å². The monoisotopic (exact) mass is 494 g/mol. The van der Waals surface area contributed by atoms with Crippen molar-refractivity contribution >= 4 is 41.3 Å². The van der Waals surface area contributed by atoms with Crippen LogP contribution in [0.2, 0.25) is 0 Å². The minimum atomic E-state index is -0.200. The number of benzene rings is 1. The number of hydrogen-bond acceptors (Lipinski definition) is 3. The fourth-order valence-electron chi connectivity index (χ4n) is 3.40. The lowest BCUT2D eigenvalue weighted by Crippen LogP contribution is -2.52. The highest BCUT2D eigenvalue weighted by Gasteiger charge is 2.20.